The van der Waals surface area contributed by atoms with Gasteiger partial charge in [-0.15, -0.1) is 0 Å². The van der Waals surface area contributed by atoms with Gasteiger partial charge >= 0.3 is 0 Å². The van der Waals surface area contributed by atoms with Crippen molar-refractivity contribution in [3.8, 4) is 11.3 Å². The van der Waals surface area contributed by atoms with Crippen molar-refractivity contribution < 1.29 is 9.53 Å². The molecule has 3 aromatic rings. The lowest BCUT2D eigenvalue weighted by atomic mass is 10.0. The Morgan fingerprint density at radius 3 is 2.72 bits per heavy atom. The van der Waals surface area contributed by atoms with E-state index in [1.807, 2.05) is 47.5 Å². The second-order valence-corrected chi connectivity index (χ2v) is 8.15. The number of aryl methyl sites for hydroxylation is 1. The van der Waals surface area contributed by atoms with E-state index in [4.69, 9.17) is 4.74 Å². The van der Waals surface area contributed by atoms with Gasteiger partial charge in [0, 0.05) is 6.54 Å². The molecule has 1 aromatic heterocycles. The first-order valence-electron chi connectivity index (χ1n) is 10.2. The Morgan fingerprint density at radius 1 is 1.10 bits per heavy atom. The van der Waals surface area contributed by atoms with Gasteiger partial charge in [-0.25, -0.2) is 4.98 Å². The molecule has 5 heteroatoms. The van der Waals surface area contributed by atoms with Gasteiger partial charge in [0.15, 0.2) is 0 Å². The van der Waals surface area contributed by atoms with E-state index >= 15 is 0 Å². The zero-order valence-electron chi connectivity index (χ0n) is 16.7. The molecular weight excluding hydrogens is 362 g/mol. The second kappa shape index (κ2) is 7.16. The van der Waals surface area contributed by atoms with Crippen LogP contribution in [0.4, 0.5) is 0 Å². The molecule has 0 radical (unpaired) electrons. The number of hydrogen-bond acceptors (Lipinski definition) is 3. The summed E-state index contributed by atoms with van der Waals surface area (Å²) in [4.78, 5) is 19.5. The third-order valence-electron chi connectivity index (χ3n) is 6.23. The van der Waals surface area contributed by atoms with E-state index in [9.17, 15) is 4.79 Å². The number of fused-ring (bicyclic) bond motifs is 1. The molecule has 29 heavy (non-hydrogen) atoms. The molecule has 0 aliphatic carbocycles. The van der Waals surface area contributed by atoms with Crippen LogP contribution in [-0.4, -0.2) is 39.0 Å². The van der Waals surface area contributed by atoms with Gasteiger partial charge in [0.25, 0.3) is 0 Å². The van der Waals surface area contributed by atoms with E-state index in [2.05, 4.69) is 34.7 Å². The molecule has 1 saturated heterocycles. The minimum atomic E-state index is -0.321. The fourth-order valence-corrected chi connectivity index (χ4v) is 4.48. The Bertz CT molecular complexity index is 1040. The van der Waals surface area contributed by atoms with Gasteiger partial charge in [0.05, 0.1) is 31.4 Å². The van der Waals surface area contributed by atoms with Crippen molar-refractivity contribution in [3.05, 3.63) is 77.7 Å². The highest BCUT2D eigenvalue weighted by Gasteiger charge is 2.44. The molecule has 5 rings (SSSR count). The highest BCUT2D eigenvalue weighted by molar-refractivity contribution is 5.79. The Kier molecular flexibility index (Phi) is 4.47. The van der Waals surface area contributed by atoms with Crippen molar-refractivity contribution in [3.63, 3.8) is 0 Å². The number of aromatic nitrogens is 2. The van der Waals surface area contributed by atoms with Gasteiger partial charge in [-0.3, -0.25) is 4.79 Å². The summed E-state index contributed by atoms with van der Waals surface area (Å²) in [5, 5.41) is 0. The maximum absolute atomic E-state index is 12.9. The minimum Gasteiger partial charge on any atom is -0.363 e. The Morgan fingerprint density at radius 2 is 1.90 bits per heavy atom. The summed E-state index contributed by atoms with van der Waals surface area (Å²) in [6.07, 6.45) is 3.25. The highest BCUT2D eigenvalue weighted by atomic mass is 16.5. The zero-order valence-corrected chi connectivity index (χ0v) is 16.7. The number of carbonyl (C=O) groups is 1. The molecule has 3 heterocycles. The summed E-state index contributed by atoms with van der Waals surface area (Å²) in [7, 11) is 0. The van der Waals surface area contributed by atoms with E-state index < -0.39 is 0 Å². The molecule has 0 saturated carbocycles. The molecule has 1 spiro atoms. The number of ether oxygens (including phenoxy) is 1. The van der Waals surface area contributed by atoms with Crippen LogP contribution in [0.25, 0.3) is 11.3 Å². The molecule has 5 nitrogen and oxygen atoms in total. The minimum absolute atomic E-state index is 0.180. The third kappa shape index (κ3) is 3.36. The van der Waals surface area contributed by atoms with Crippen LogP contribution in [0, 0.1) is 6.92 Å². The highest BCUT2D eigenvalue weighted by Crippen LogP contribution is 2.35. The lowest BCUT2D eigenvalue weighted by Crippen LogP contribution is -2.45. The van der Waals surface area contributed by atoms with Crippen LogP contribution in [-0.2, 0) is 29.1 Å². The van der Waals surface area contributed by atoms with E-state index in [0.29, 0.717) is 19.6 Å². The summed E-state index contributed by atoms with van der Waals surface area (Å²) >= 11 is 0. The van der Waals surface area contributed by atoms with Crippen LogP contribution in [0.15, 0.2) is 60.8 Å². The van der Waals surface area contributed by atoms with Crippen LogP contribution in [0.5, 0.6) is 0 Å². The number of benzene rings is 2. The summed E-state index contributed by atoms with van der Waals surface area (Å²) in [6, 6.07) is 18.4. The largest absolute Gasteiger partial charge is 0.363 e. The maximum atomic E-state index is 12.9. The Balaban J connectivity index is 1.33. The zero-order chi connectivity index (χ0) is 19.8. The normalized spacial score (nSPS) is 20.8. The monoisotopic (exact) mass is 387 g/mol. The number of amides is 1. The third-order valence-corrected chi connectivity index (χ3v) is 6.23. The van der Waals surface area contributed by atoms with Crippen LogP contribution in [0.3, 0.4) is 0 Å². The maximum Gasteiger partial charge on any atom is 0.227 e. The summed E-state index contributed by atoms with van der Waals surface area (Å²) < 4.78 is 8.55. The predicted molar refractivity (Wildman–Crippen MR) is 111 cm³/mol. The predicted octanol–water partition coefficient (Wildman–Crippen LogP) is 3.60. The van der Waals surface area contributed by atoms with Gasteiger partial charge in [-0.05, 0) is 30.0 Å². The van der Waals surface area contributed by atoms with Crippen LogP contribution < -0.4 is 0 Å². The molecule has 0 N–H and O–H groups in total. The van der Waals surface area contributed by atoms with Gasteiger partial charge in [-0.1, -0.05) is 54.6 Å². The van der Waals surface area contributed by atoms with Gasteiger partial charge in [-0.2, -0.15) is 0 Å². The average Bonchev–Trinajstić information content (AvgIpc) is 3.35. The Hall–Kier alpha value is -2.92. The number of rotatable bonds is 3. The molecule has 1 amide bonds. The molecular formula is C24H25N3O2. The van der Waals surface area contributed by atoms with Crippen molar-refractivity contribution in [2.75, 3.05) is 13.1 Å². The second-order valence-electron chi connectivity index (χ2n) is 8.15. The molecule has 2 aliphatic heterocycles. The first-order valence-corrected chi connectivity index (χ1v) is 10.2. The van der Waals surface area contributed by atoms with Gasteiger partial charge in [0.2, 0.25) is 5.91 Å². The number of likely N-dealkylation sites (tertiary alicyclic amines) is 1. The number of carbonyl (C=O) groups excluding carboxylic acids is 1. The quantitative estimate of drug-likeness (QED) is 0.690. The van der Waals surface area contributed by atoms with E-state index in [1.165, 1.54) is 5.56 Å². The lowest BCUT2D eigenvalue weighted by molar-refractivity contribution is -0.132. The Labute approximate surface area is 170 Å². The molecule has 1 fully saturated rings. The molecule has 148 valence electrons. The number of nitrogens with zero attached hydrogens (tertiary/aromatic N) is 3. The topological polar surface area (TPSA) is 47.4 Å². The molecule has 0 unspecified atom stereocenters. The fraction of sp³-hybridized carbons (Fsp3) is 0.333. The van der Waals surface area contributed by atoms with Crippen molar-refractivity contribution in [2.45, 2.75) is 38.5 Å². The van der Waals surface area contributed by atoms with Crippen molar-refractivity contribution >= 4 is 5.91 Å². The average molecular weight is 387 g/mol. The van der Waals surface area contributed by atoms with E-state index in [-0.39, 0.29) is 11.5 Å². The summed E-state index contributed by atoms with van der Waals surface area (Å²) in [6.45, 7) is 4.68. The van der Waals surface area contributed by atoms with Crippen molar-refractivity contribution in [1.29, 1.82) is 0 Å². The van der Waals surface area contributed by atoms with Crippen LogP contribution in [0.2, 0.25) is 0 Å². The first-order chi connectivity index (χ1) is 14.1. The van der Waals surface area contributed by atoms with E-state index in [0.717, 1.165) is 42.2 Å². The molecule has 0 bridgehead atoms. The molecule has 1 atom stereocenters. The van der Waals surface area contributed by atoms with E-state index in [1.54, 1.807) is 0 Å². The summed E-state index contributed by atoms with van der Waals surface area (Å²) in [5.74, 6) is 1.14. The SMILES string of the molecule is Cc1ccccc1CC(=O)N1CC[C@]2(C1)Cn1c(-c3ccccc3)cnc1CO2. The van der Waals surface area contributed by atoms with Crippen LogP contribution in [0.1, 0.15) is 23.4 Å². The summed E-state index contributed by atoms with van der Waals surface area (Å²) in [5.41, 5.74) is 4.23. The van der Waals surface area contributed by atoms with Crippen LogP contribution >= 0.6 is 0 Å². The number of hydrogen-bond donors (Lipinski definition) is 0. The molecule has 2 aliphatic rings. The number of imidazole rings is 1. The first kappa shape index (κ1) is 18.1. The smallest absolute Gasteiger partial charge is 0.227 e. The van der Waals surface area contributed by atoms with Crippen molar-refractivity contribution in [1.82, 2.24) is 14.5 Å². The molecule has 2 aromatic carbocycles. The fourth-order valence-electron chi connectivity index (χ4n) is 4.48. The standard InChI is InChI=1S/C24H25N3O2/c1-18-7-5-6-10-20(18)13-23(28)26-12-11-24(16-26)17-27-21(14-25-22(27)15-29-24)19-8-3-2-4-9-19/h2-10,14H,11-13,15-17H2,1H3/t24-/m0/s1. The van der Waals surface area contributed by atoms with Gasteiger partial charge in [0.1, 0.15) is 18.0 Å². The lowest BCUT2D eigenvalue weighted by Gasteiger charge is -2.35. The van der Waals surface area contributed by atoms with Crippen molar-refractivity contribution in [2.24, 2.45) is 0 Å². The van der Waals surface area contributed by atoms with Gasteiger partial charge < -0.3 is 14.2 Å².